The lowest BCUT2D eigenvalue weighted by Gasteiger charge is -2.19. The number of carbonyl (C=O) groups excluding carboxylic acids is 1. The van der Waals surface area contributed by atoms with Crippen LogP contribution in [0.5, 0.6) is 0 Å². The molecular formula is C59H109NO3. The maximum absolute atomic E-state index is 12.5. The normalized spacial score (nSPS) is 13.3. The molecule has 368 valence electrons. The molecule has 0 saturated heterocycles. The number of aliphatic hydroxyl groups excluding tert-OH is 2. The third-order valence-electron chi connectivity index (χ3n) is 12.7. The first-order chi connectivity index (χ1) is 31.2. The van der Waals surface area contributed by atoms with E-state index in [4.69, 9.17) is 0 Å². The number of hydrogen-bond donors (Lipinski definition) is 3. The Morgan fingerprint density at radius 3 is 1.02 bits per heavy atom. The van der Waals surface area contributed by atoms with Crippen molar-refractivity contribution in [3.05, 3.63) is 60.8 Å². The van der Waals surface area contributed by atoms with E-state index in [2.05, 4.69) is 67.8 Å². The Balaban J connectivity index is 3.51. The highest BCUT2D eigenvalue weighted by Gasteiger charge is 2.18. The van der Waals surface area contributed by atoms with Crippen LogP contribution in [0.4, 0.5) is 0 Å². The minimum atomic E-state index is -0.871. The van der Waals surface area contributed by atoms with Crippen LogP contribution in [0.1, 0.15) is 290 Å². The lowest BCUT2D eigenvalue weighted by molar-refractivity contribution is -0.123. The summed E-state index contributed by atoms with van der Waals surface area (Å²) in [6, 6.07) is -0.647. The summed E-state index contributed by atoms with van der Waals surface area (Å²) in [7, 11) is 0. The smallest absolute Gasteiger partial charge is 0.220 e. The summed E-state index contributed by atoms with van der Waals surface area (Å²) in [5, 5.41) is 23.1. The lowest BCUT2D eigenvalue weighted by Crippen LogP contribution is -2.45. The molecule has 0 heterocycles. The summed E-state index contributed by atoms with van der Waals surface area (Å²) in [5.41, 5.74) is 0. The van der Waals surface area contributed by atoms with Gasteiger partial charge in [0.05, 0.1) is 18.8 Å². The van der Waals surface area contributed by atoms with Gasteiger partial charge in [0.2, 0.25) is 5.91 Å². The van der Waals surface area contributed by atoms with E-state index < -0.39 is 12.1 Å². The van der Waals surface area contributed by atoms with Crippen LogP contribution in [-0.4, -0.2) is 34.9 Å². The Morgan fingerprint density at radius 1 is 0.381 bits per heavy atom. The van der Waals surface area contributed by atoms with Crippen LogP contribution in [0.15, 0.2) is 60.8 Å². The average molecular weight is 881 g/mol. The van der Waals surface area contributed by atoms with Crippen molar-refractivity contribution in [1.29, 1.82) is 0 Å². The summed E-state index contributed by atoms with van der Waals surface area (Å²) in [6.07, 6.45) is 76.7. The molecule has 1 amide bonds. The molecule has 4 nitrogen and oxygen atoms in total. The highest BCUT2D eigenvalue weighted by molar-refractivity contribution is 5.76. The topological polar surface area (TPSA) is 69.6 Å². The van der Waals surface area contributed by atoms with Gasteiger partial charge in [-0.1, -0.05) is 267 Å². The van der Waals surface area contributed by atoms with Gasteiger partial charge in [-0.3, -0.25) is 4.79 Å². The number of nitrogens with one attached hydrogen (secondary N) is 1. The van der Waals surface area contributed by atoms with Crippen molar-refractivity contribution in [2.75, 3.05) is 6.61 Å². The number of rotatable bonds is 51. The zero-order chi connectivity index (χ0) is 45.6. The summed E-state index contributed by atoms with van der Waals surface area (Å²) in [6.45, 7) is 4.30. The molecule has 2 atom stereocenters. The molecular weight excluding hydrogens is 771 g/mol. The van der Waals surface area contributed by atoms with Crippen molar-refractivity contribution >= 4 is 5.91 Å². The SMILES string of the molecule is CCCCCCCCCC/C=C/CC/C=C/CC/C=C/C(O)C(CO)NC(=O)CCCCCCCCCCCCCCCCCCC/C=C\C/C=C\CCCCCCCCCCC. The molecule has 0 aliphatic carbocycles. The fourth-order valence-corrected chi connectivity index (χ4v) is 8.42. The molecule has 4 heteroatoms. The van der Waals surface area contributed by atoms with Crippen LogP contribution in [0, 0.1) is 0 Å². The van der Waals surface area contributed by atoms with Crippen LogP contribution in [0.25, 0.3) is 0 Å². The van der Waals surface area contributed by atoms with E-state index in [1.165, 1.54) is 225 Å². The largest absolute Gasteiger partial charge is 0.394 e. The maximum atomic E-state index is 12.5. The number of allylic oxidation sites excluding steroid dienone is 9. The highest BCUT2D eigenvalue weighted by atomic mass is 16.3. The minimum Gasteiger partial charge on any atom is -0.394 e. The predicted octanol–water partition coefficient (Wildman–Crippen LogP) is 18.4. The summed E-state index contributed by atoms with van der Waals surface area (Å²) >= 11 is 0. The Morgan fingerprint density at radius 2 is 0.667 bits per heavy atom. The molecule has 63 heavy (non-hydrogen) atoms. The molecule has 0 rings (SSSR count). The second-order valence-corrected chi connectivity index (χ2v) is 19.0. The van der Waals surface area contributed by atoms with Gasteiger partial charge in [-0.15, -0.1) is 0 Å². The van der Waals surface area contributed by atoms with Gasteiger partial charge < -0.3 is 15.5 Å². The number of amides is 1. The van der Waals surface area contributed by atoms with Crippen LogP contribution < -0.4 is 5.32 Å². The van der Waals surface area contributed by atoms with Crippen molar-refractivity contribution in [1.82, 2.24) is 5.32 Å². The molecule has 0 aliphatic heterocycles. The summed E-state index contributed by atoms with van der Waals surface area (Å²) in [4.78, 5) is 12.5. The van der Waals surface area contributed by atoms with Crippen LogP contribution in [-0.2, 0) is 4.79 Å². The first kappa shape index (κ1) is 61.1. The standard InChI is InChI=1S/C59H109NO3/c1-3-5-7-9-11-13-15-17-19-21-23-24-25-26-27-28-29-30-31-32-33-34-35-36-37-39-41-43-45-47-49-51-53-55-59(63)60-57(56-61)58(62)54-52-50-48-46-44-42-40-38-22-20-18-16-14-12-10-8-6-4-2/h22-24,26-27,38,44,46,52,54,57-58,61-62H,3-21,25,28-37,39-43,45,47-51,53,55-56H2,1-2H3,(H,60,63)/b24-23-,27-26-,38-22+,46-44+,54-52+. The fourth-order valence-electron chi connectivity index (χ4n) is 8.42. The average Bonchev–Trinajstić information content (AvgIpc) is 3.29. The second kappa shape index (κ2) is 54.4. The molecule has 3 N–H and O–H groups in total. The molecule has 0 fully saturated rings. The molecule has 0 aromatic heterocycles. The monoisotopic (exact) mass is 880 g/mol. The van der Waals surface area contributed by atoms with Crippen molar-refractivity contribution in [3.8, 4) is 0 Å². The van der Waals surface area contributed by atoms with Crippen LogP contribution in [0.2, 0.25) is 0 Å². The Labute approximate surface area is 394 Å². The predicted molar refractivity (Wildman–Crippen MR) is 281 cm³/mol. The second-order valence-electron chi connectivity index (χ2n) is 19.0. The van der Waals surface area contributed by atoms with Crippen molar-refractivity contribution in [3.63, 3.8) is 0 Å². The third kappa shape index (κ3) is 50.9. The van der Waals surface area contributed by atoms with E-state index in [0.29, 0.717) is 6.42 Å². The number of unbranched alkanes of at least 4 members (excludes halogenated alkanes) is 36. The Kier molecular flexibility index (Phi) is 52.8. The van der Waals surface area contributed by atoms with Crippen molar-refractivity contribution in [2.24, 2.45) is 0 Å². The zero-order valence-electron chi connectivity index (χ0n) is 42.3. The zero-order valence-corrected chi connectivity index (χ0v) is 42.3. The van der Waals surface area contributed by atoms with Gasteiger partial charge in [0.15, 0.2) is 0 Å². The van der Waals surface area contributed by atoms with Gasteiger partial charge in [0, 0.05) is 6.42 Å². The lowest BCUT2D eigenvalue weighted by atomic mass is 10.0. The first-order valence-corrected chi connectivity index (χ1v) is 28.0. The fraction of sp³-hybridized carbons (Fsp3) is 0.814. The number of carbonyl (C=O) groups is 1. The molecule has 0 saturated carbocycles. The molecule has 2 unspecified atom stereocenters. The van der Waals surface area contributed by atoms with Crippen molar-refractivity contribution in [2.45, 2.75) is 302 Å². The van der Waals surface area contributed by atoms with Gasteiger partial charge in [-0.05, 0) is 77.0 Å². The van der Waals surface area contributed by atoms with Gasteiger partial charge in [-0.2, -0.15) is 0 Å². The Bertz CT molecular complexity index is 1040. The number of aliphatic hydroxyl groups is 2. The Hall–Kier alpha value is -1.91. The molecule has 0 bridgehead atoms. The summed E-state index contributed by atoms with van der Waals surface area (Å²) in [5.74, 6) is -0.0760. The van der Waals surface area contributed by atoms with Gasteiger partial charge in [-0.25, -0.2) is 0 Å². The van der Waals surface area contributed by atoms with Gasteiger partial charge in [0.25, 0.3) is 0 Å². The number of hydrogen-bond acceptors (Lipinski definition) is 3. The molecule has 0 radical (unpaired) electrons. The highest BCUT2D eigenvalue weighted by Crippen LogP contribution is 2.16. The minimum absolute atomic E-state index is 0.0760. The van der Waals surface area contributed by atoms with E-state index in [-0.39, 0.29) is 12.5 Å². The molecule has 0 aromatic rings. The summed E-state index contributed by atoms with van der Waals surface area (Å²) < 4.78 is 0. The molecule has 0 spiro atoms. The third-order valence-corrected chi connectivity index (χ3v) is 12.7. The maximum Gasteiger partial charge on any atom is 0.220 e. The first-order valence-electron chi connectivity index (χ1n) is 28.0. The van der Waals surface area contributed by atoms with E-state index >= 15 is 0 Å². The van der Waals surface area contributed by atoms with E-state index in [9.17, 15) is 15.0 Å². The van der Waals surface area contributed by atoms with Crippen LogP contribution >= 0.6 is 0 Å². The van der Waals surface area contributed by atoms with E-state index in [1.807, 2.05) is 6.08 Å². The van der Waals surface area contributed by atoms with E-state index in [0.717, 1.165) is 44.9 Å². The quantitative estimate of drug-likeness (QED) is 0.0421. The van der Waals surface area contributed by atoms with Gasteiger partial charge >= 0.3 is 0 Å². The van der Waals surface area contributed by atoms with Gasteiger partial charge in [0.1, 0.15) is 0 Å². The molecule has 0 aliphatic rings. The van der Waals surface area contributed by atoms with Crippen molar-refractivity contribution < 1.29 is 15.0 Å². The van der Waals surface area contributed by atoms with Crippen LogP contribution in [0.3, 0.4) is 0 Å². The van der Waals surface area contributed by atoms with E-state index in [1.54, 1.807) is 6.08 Å². The molecule has 0 aromatic carbocycles.